The summed E-state index contributed by atoms with van der Waals surface area (Å²) in [6.07, 6.45) is 3.79. The minimum absolute atomic E-state index is 0.0562. The molecule has 92 valence electrons. The number of carbonyl (C=O) groups is 1. The Kier molecular flexibility index (Phi) is 3.55. The van der Waals surface area contributed by atoms with Crippen LogP contribution in [0.5, 0.6) is 0 Å². The van der Waals surface area contributed by atoms with E-state index in [9.17, 15) is 4.79 Å². The predicted molar refractivity (Wildman–Crippen MR) is 70.3 cm³/mol. The minimum atomic E-state index is -0.675. The van der Waals surface area contributed by atoms with E-state index in [4.69, 9.17) is 17.3 Å². The van der Waals surface area contributed by atoms with Crippen LogP contribution in [-0.2, 0) is 0 Å². The maximum atomic E-state index is 12.4. The van der Waals surface area contributed by atoms with E-state index in [1.54, 1.807) is 24.3 Å². The summed E-state index contributed by atoms with van der Waals surface area (Å²) < 4.78 is 0. The first-order valence-corrected chi connectivity index (χ1v) is 6.48. The van der Waals surface area contributed by atoms with E-state index in [0.29, 0.717) is 16.5 Å². The second kappa shape index (κ2) is 4.79. The average molecular weight is 252 g/mol. The molecule has 3 heteroatoms. The molecular weight excluding hydrogens is 234 g/mol. The van der Waals surface area contributed by atoms with Crippen molar-refractivity contribution in [3.05, 3.63) is 34.9 Å². The number of rotatable bonds is 2. The van der Waals surface area contributed by atoms with Crippen LogP contribution < -0.4 is 5.73 Å². The molecule has 1 saturated carbocycles. The second-order valence-corrected chi connectivity index (χ2v) is 5.63. The Morgan fingerprint density at radius 2 is 2.06 bits per heavy atom. The van der Waals surface area contributed by atoms with E-state index in [1.807, 2.05) is 0 Å². The van der Waals surface area contributed by atoms with Gasteiger partial charge < -0.3 is 5.73 Å². The van der Waals surface area contributed by atoms with E-state index in [2.05, 4.69) is 6.92 Å². The van der Waals surface area contributed by atoms with Crippen LogP contribution in [-0.4, -0.2) is 11.3 Å². The summed E-state index contributed by atoms with van der Waals surface area (Å²) in [7, 11) is 0. The quantitative estimate of drug-likeness (QED) is 0.819. The summed E-state index contributed by atoms with van der Waals surface area (Å²) in [5, 5.41) is 0.643. The van der Waals surface area contributed by atoms with E-state index < -0.39 is 5.54 Å². The van der Waals surface area contributed by atoms with Gasteiger partial charge in [-0.2, -0.15) is 0 Å². The molecule has 0 spiro atoms. The normalized spacial score (nSPS) is 29.0. The highest BCUT2D eigenvalue weighted by atomic mass is 35.5. The van der Waals surface area contributed by atoms with Gasteiger partial charge in [0, 0.05) is 10.6 Å². The molecule has 0 bridgehead atoms. The molecule has 2 unspecified atom stereocenters. The van der Waals surface area contributed by atoms with Crippen molar-refractivity contribution in [3.8, 4) is 0 Å². The monoisotopic (exact) mass is 251 g/mol. The van der Waals surface area contributed by atoms with E-state index in [1.165, 1.54) is 6.42 Å². The van der Waals surface area contributed by atoms with Crippen LogP contribution in [0.15, 0.2) is 24.3 Å². The van der Waals surface area contributed by atoms with Crippen molar-refractivity contribution in [2.24, 2.45) is 11.7 Å². The van der Waals surface area contributed by atoms with Gasteiger partial charge in [-0.3, -0.25) is 4.79 Å². The molecule has 0 saturated heterocycles. The first kappa shape index (κ1) is 12.6. The highest BCUT2D eigenvalue weighted by Gasteiger charge is 2.38. The molecule has 1 aliphatic rings. The summed E-state index contributed by atoms with van der Waals surface area (Å²) in [6, 6.07) is 7.01. The molecule has 2 N–H and O–H groups in total. The zero-order valence-corrected chi connectivity index (χ0v) is 10.8. The van der Waals surface area contributed by atoms with Gasteiger partial charge in [-0.05, 0) is 43.0 Å². The smallest absolute Gasteiger partial charge is 0.182 e. The van der Waals surface area contributed by atoms with Gasteiger partial charge in [0.2, 0.25) is 0 Å². The third-order valence-electron chi connectivity index (χ3n) is 3.59. The van der Waals surface area contributed by atoms with Crippen LogP contribution in [0.2, 0.25) is 5.02 Å². The number of ketones is 1. The Labute approximate surface area is 107 Å². The third-order valence-corrected chi connectivity index (χ3v) is 3.84. The first-order chi connectivity index (χ1) is 8.01. The lowest BCUT2D eigenvalue weighted by atomic mass is 9.73. The molecule has 0 amide bonds. The Balaban J connectivity index is 2.21. The third kappa shape index (κ3) is 2.70. The molecule has 0 aliphatic heterocycles. The summed E-state index contributed by atoms with van der Waals surface area (Å²) in [6.45, 7) is 2.16. The number of carbonyl (C=O) groups excluding carboxylic acids is 1. The molecule has 2 atom stereocenters. The van der Waals surface area contributed by atoms with Crippen LogP contribution in [0.3, 0.4) is 0 Å². The lowest BCUT2D eigenvalue weighted by Gasteiger charge is -2.35. The molecular formula is C14H18ClNO. The van der Waals surface area contributed by atoms with Gasteiger partial charge in [-0.15, -0.1) is 0 Å². The summed E-state index contributed by atoms with van der Waals surface area (Å²) in [4.78, 5) is 12.4. The number of nitrogens with two attached hydrogens (primary N) is 1. The first-order valence-electron chi connectivity index (χ1n) is 6.10. The van der Waals surface area contributed by atoms with Gasteiger partial charge in [0.25, 0.3) is 0 Å². The summed E-state index contributed by atoms with van der Waals surface area (Å²) >= 11 is 5.82. The number of halogens is 1. The van der Waals surface area contributed by atoms with E-state index >= 15 is 0 Å². The topological polar surface area (TPSA) is 43.1 Å². The van der Waals surface area contributed by atoms with Crippen molar-refractivity contribution in [3.63, 3.8) is 0 Å². The van der Waals surface area contributed by atoms with Gasteiger partial charge >= 0.3 is 0 Å². The van der Waals surface area contributed by atoms with Crippen molar-refractivity contribution in [2.75, 3.05) is 0 Å². The zero-order valence-electron chi connectivity index (χ0n) is 10.1. The van der Waals surface area contributed by atoms with Gasteiger partial charge in [0.05, 0.1) is 5.54 Å². The Morgan fingerprint density at radius 1 is 1.41 bits per heavy atom. The maximum absolute atomic E-state index is 12.4. The molecule has 1 aliphatic carbocycles. The molecule has 0 radical (unpaired) electrons. The molecule has 1 aromatic carbocycles. The van der Waals surface area contributed by atoms with E-state index in [0.717, 1.165) is 19.3 Å². The van der Waals surface area contributed by atoms with Gasteiger partial charge in [0.15, 0.2) is 5.78 Å². The molecule has 1 fully saturated rings. The minimum Gasteiger partial charge on any atom is -0.319 e. The van der Waals surface area contributed by atoms with E-state index in [-0.39, 0.29) is 5.78 Å². The fourth-order valence-electron chi connectivity index (χ4n) is 2.69. The number of hydrogen-bond acceptors (Lipinski definition) is 2. The zero-order chi connectivity index (χ0) is 12.5. The van der Waals surface area contributed by atoms with Gasteiger partial charge in [-0.1, -0.05) is 31.4 Å². The van der Waals surface area contributed by atoms with Crippen molar-refractivity contribution in [1.29, 1.82) is 0 Å². The van der Waals surface area contributed by atoms with Crippen LogP contribution in [0.25, 0.3) is 0 Å². The van der Waals surface area contributed by atoms with Crippen LogP contribution in [0, 0.1) is 5.92 Å². The van der Waals surface area contributed by atoms with Gasteiger partial charge in [0.1, 0.15) is 0 Å². The standard InChI is InChI=1S/C14H18ClNO/c1-10-3-2-8-14(16,9-10)13(17)11-4-6-12(15)7-5-11/h4-7,10H,2-3,8-9,16H2,1H3. The predicted octanol–water partition coefficient (Wildman–Crippen LogP) is 3.43. The van der Waals surface area contributed by atoms with Crippen LogP contribution >= 0.6 is 11.6 Å². The molecule has 17 heavy (non-hydrogen) atoms. The Hall–Kier alpha value is -0.860. The number of benzene rings is 1. The van der Waals surface area contributed by atoms with Crippen molar-refractivity contribution in [1.82, 2.24) is 0 Å². The molecule has 2 nitrogen and oxygen atoms in total. The van der Waals surface area contributed by atoms with Crippen molar-refractivity contribution < 1.29 is 4.79 Å². The fourth-order valence-corrected chi connectivity index (χ4v) is 2.81. The maximum Gasteiger partial charge on any atom is 0.182 e. The Bertz CT molecular complexity index is 415. The van der Waals surface area contributed by atoms with Crippen molar-refractivity contribution in [2.45, 2.75) is 38.1 Å². The van der Waals surface area contributed by atoms with Gasteiger partial charge in [-0.25, -0.2) is 0 Å². The average Bonchev–Trinajstić information content (AvgIpc) is 2.29. The fraction of sp³-hybridized carbons (Fsp3) is 0.500. The molecule has 2 rings (SSSR count). The number of hydrogen-bond donors (Lipinski definition) is 1. The van der Waals surface area contributed by atoms with Crippen LogP contribution in [0.1, 0.15) is 43.0 Å². The lowest BCUT2D eigenvalue weighted by molar-refractivity contribution is 0.0819. The molecule has 0 aromatic heterocycles. The molecule has 1 aromatic rings. The number of Topliss-reactive ketones (excluding diaryl/α,β-unsaturated/α-hetero) is 1. The Morgan fingerprint density at radius 3 is 2.65 bits per heavy atom. The second-order valence-electron chi connectivity index (χ2n) is 5.19. The highest BCUT2D eigenvalue weighted by molar-refractivity contribution is 6.30. The van der Waals surface area contributed by atoms with Crippen LogP contribution in [0.4, 0.5) is 0 Å². The largest absolute Gasteiger partial charge is 0.319 e. The lowest BCUT2D eigenvalue weighted by Crippen LogP contribution is -2.51. The summed E-state index contributed by atoms with van der Waals surface area (Å²) in [5.74, 6) is 0.589. The summed E-state index contributed by atoms with van der Waals surface area (Å²) in [5.41, 5.74) is 6.28. The molecule has 0 heterocycles. The highest BCUT2D eigenvalue weighted by Crippen LogP contribution is 2.33. The van der Waals surface area contributed by atoms with Crippen molar-refractivity contribution >= 4 is 17.4 Å². The SMILES string of the molecule is CC1CCCC(N)(C(=O)c2ccc(Cl)cc2)C1.